The summed E-state index contributed by atoms with van der Waals surface area (Å²) in [6.45, 7) is 2.41. The van der Waals surface area contributed by atoms with Crippen LogP contribution in [0.1, 0.15) is 75.6 Å². The van der Waals surface area contributed by atoms with Crippen LogP contribution in [0.5, 0.6) is 0 Å². The second-order valence-electron chi connectivity index (χ2n) is 16.3. The minimum atomic E-state index is -0.0706. The number of hydrogen-bond acceptors (Lipinski definition) is 1. The number of fused-ring (bicyclic) bond motifs is 9. The van der Waals surface area contributed by atoms with Crippen LogP contribution in [0.2, 0.25) is 0 Å². The van der Waals surface area contributed by atoms with E-state index in [1.165, 1.54) is 97.4 Å². The smallest absolute Gasteiger partial charge is 0.0639 e. The lowest BCUT2D eigenvalue weighted by Gasteiger charge is -2.47. The van der Waals surface area contributed by atoms with E-state index in [0.29, 0.717) is 5.92 Å². The van der Waals surface area contributed by atoms with Crippen molar-refractivity contribution in [3.05, 3.63) is 173 Å². The molecule has 2 aromatic carbocycles. The molecule has 3 atom stereocenters. The Morgan fingerprint density at radius 1 is 0.755 bits per heavy atom. The van der Waals surface area contributed by atoms with Gasteiger partial charge in [-0.1, -0.05) is 109 Å². The highest BCUT2D eigenvalue weighted by atomic mass is 15.2. The predicted octanol–water partition coefficient (Wildman–Crippen LogP) is 12.4. The maximum atomic E-state index is 2.71. The van der Waals surface area contributed by atoms with Crippen molar-refractivity contribution >= 4 is 27.5 Å². The monoisotopic (exact) mass is 689 g/mol. The van der Waals surface area contributed by atoms with Gasteiger partial charge >= 0.3 is 0 Å². The first-order valence-corrected chi connectivity index (χ1v) is 20.1. The van der Waals surface area contributed by atoms with Crippen molar-refractivity contribution < 1.29 is 0 Å². The lowest BCUT2D eigenvalue weighted by molar-refractivity contribution is 0.238. The van der Waals surface area contributed by atoms with Crippen molar-refractivity contribution in [3.8, 4) is 11.3 Å². The fourth-order valence-corrected chi connectivity index (χ4v) is 10.7. The van der Waals surface area contributed by atoms with Crippen molar-refractivity contribution in [3.63, 3.8) is 0 Å². The average Bonchev–Trinajstić information content (AvgIpc) is 3.65. The van der Waals surface area contributed by atoms with Crippen LogP contribution < -0.4 is 0 Å². The Kier molecular flexibility index (Phi) is 7.16. The highest BCUT2D eigenvalue weighted by Gasteiger charge is 2.38. The molecular weight excluding hydrogens is 643 g/mol. The zero-order valence-electron chi connectivity index (χ0n) is 30.8. The molecule has 1 aliphatic heterocycles. The largest absolute Gasteiger partial charge is 0.337 e. The van der Waals surface area contributed by atoms with E-state index in [1.54, 1.807) is 0 Å². The molecule has 7 aliphatic rings. The fourth-order valence-electron chi connectivity index (χ4n) is 10.7. The molecule has 0 saturated heterocycles. The van der Waals surface area contributed by atoms with Crippen molar-refractivity contribution in [2.75, 3.05) is 0 Å². The Balaban J connectivity index is 0.981. The third-order valence-electron chi connectivity index (χ3n) is 13.1. The molecule has 11 rings (SSSR count). The summed E-state index contributed by atoms with van der Waals surface area (Å²) in [4.78, 5) is 2.67. The Bertz CT molecular complexity index is 2540. The van der Waals surface area contributed by atoms with E-state index in [1.807, 2.05) is 0 Å². The van der Waals surface area contributed by atoms with E-state index in [4.69, 9.17) is 0 Å². The molecule has 0 N–H and O–H groups in total. The van der Waals surface area contributed by atoms with E-state index in [-0.39, 0.29) is 11.6 Å². The van der Waals surface area contributed by atoms with Crippen LogP contribution in [0.15, 0.2) is 162 Å². The molecule has 3 nitrogen and oxygen atoms in total. The van der Waals surface area contributed by atoms with Crippen molar-refractivity contribution in [2.45, 2.75) is 82.7 Å². The number of rotatable bonds is 4. The third kappa shape index (κ3) is 4.79. The minimum absolute atomic E-state index is 0.0706. The first-order valence-electron chi connectivity index (χ1n) is 20.1. The van der Waals surface area contributed by atoms with Gasteiger partial charge in [-0.3, -0.25) is 0 Å². The number of benzene rings is 2. The van der Waals surface area contributed by atoms with Gasteiger partial charge in [0.2, 0.25) is 0 Å². The van der Waals surface area contributed by atoms with Gasteiger partial charge in [-0.2, -0.15) is 0 Å². The van der Waals surface area contributed by atoms with Gasteiger partial charge in [0.05, 0.1) is 22.8 Å². The molecule has 3 heterocycles. The number of nitrogens with zero attached hydrogens (tertiary/aromatic N) is 3. The van der Waals surface area contributed by atoms with Gasteiger partial charge in [-0.15, -0.1) is 0 Å². The number of hydrogen-bond donors (Lipinski definition) is 0. The number of aryl methyl sites for hydroxylation is 1. The van der Waals surface area contributed by atoms with Crippen LogP contribution in [0.4, 0.5) is 0 Å². The van der Waals surface area contributed by atoms with Crippen LogP contribution >= 0.6 is 0 Å². The minimum Gasteiger partial charge on any atom is -0.337 e. The molecule has 4 aromatic rings. The molecule has 53 heavy (non-hydrogen) atoms. The summed E-state index contributed by atoms with van der Waals surface area (Å²) in [5.41, 5.74) is 17.1. The Morgan fingerprint density at radius 2 is 1.62 bits per heavy atom. The zero-order valence-corrected chi connectivity index (χ0v) is 30.8. The maximum Gasteiger partial charge on any atom is 0.0639 e. The van der Waals surface area contributed by atoms with E-state index in [9.17, 15) is 0 Å². The molecular formula is C50H47N3. The van der Waals surface area contributed by atoms with E-state index in [0.717, 1.165) is 44.9 Å². The summed E-state index contributed by atoms with van der Waals surface area (Å²) in [7, 11) is 0. The van der Waals surface area contributed by atoms with E-state index in [2.05, 4.69) is 155 Å². The maximum absolute atomic E-state index is 2.71. The Hall–Kier alpha value is -5.28. The average molecular weight is 690 g/mol. The molecule has 0 amide bonds. The lowest BCUT2D eigenvalue weighted by atomic mass is 9.82. The summed E-state index contributed by atoms with van der Waals surface area (Å²) in [5.74, 6) is 0.316. The Labute approximate surface area is 313 Å². The quantitative estimate of drug-likeness (QED) is 0.208. The first-order chi connectivity index (χ1) is 26.2. The van der Waals surface area contributed by atoms with Crippen LogP contribution in [-0.4, -0.2) is 19.6 Å². The first kappa shape index (κ1) is 31.3. The molecule has 262 valence electrons. The van der Waals surface area contributed by atoms with Crippen molar-refractivity contribution in [1.82, 2.24) is 14.0 Å². The normalized spacial score (nSPS) is 25.9. The van der Waals surface area contributed by atoms with Gasteiger partial charge in [0.25, 0.3) is 0 Å². The van der Waals surface area contributed by atoms with E-state index >= 15 is 0 Å². The van der Waals surface area contributed by atoms with Gasteiger partial charge in [0, 0.05) is 50.6 Å². The molecule has 0 radical (unpaired) electrons. The summed E-state index contributed by atoms with van der Waals surface area (Å²) < 4.78 is 5.37. The van der Waals surface area contributed by atoms with Gasteiger partial charge < -0.3 is 14.0 Å². The molecule has 2 aromatic heterocycles. The molecule has 3 heteroatoms. The fraction of sp³-hybridized carbons (Fsp3) is 0.280. The molecule has 2 bridgehead atoms. The van der Waals surface area contributed by atoms with Gasteiger partial charge in [-0.05, 0) is 118 Å². The van der Waals surface area contributed by atoms with Crippen molar-refractivity contribution in [1.29, 1.82) is 0 Å². The molecule has 2 unspecified atom stereocenters. The van der Waals surface area contributed by atoms with Gasteiger partial charge in [0.1, 0.15) is 0 Å². The summed E-state index contributed by atoms with van der Waals surface area (Å²) in [6, 6.07) is 18.7. The molecule has 0 spiro atoms. The standard InChI is InChI=1S/C50H47N3/c1-50(30-12-3-13-31-50)53-39-32-35(22-23-36(33-39)40-16-6-11-21-46(40)53)34-24-26-38(27-25-34)51-45-20-10-8-18-43(45)48-47(51)29-28-42-41-17-7-9-19-44(41)52(49(42)48)37-14-4-2-5-15-37/h3,6-10,12-14,16-20,22-26,30,32-33,36,38H,2,4-5,11,15,21,27-29,31H2,1H3/t36?,38?,50-/m0/s1. The van der Waals surface area contributed by atoms with Gasteiger partial charge in [0.15, 0.2) is 0 Å². The SMILES string of the molecule is C[C@]1(N2C3=CC(C=CC(C4=CCC(n5c6c(c7ccccc75)-c5c(c7ccccc7n5C5=CCCCC5)CC6)C=C4)=C3)C3=C2CCC=C3)C=CC=CC1. The van der Waals surface area contributed by atoms with E-state index < -0.39 is 0 Å². The highest BCUT2D eigenvalue weighted by molar-refractivity contribution is 6.05. The van der Waals surface area contributed by atoms with Crippen LogP contribution in [0.25, 0.3) is 38.8 Å². The third-order valence-corrected chi connectivity index (χ3v) is 13.1. The Morgan fingerprint density at radius 3 is 2.45 bits per heavy atom. The highest BCUT2D eigenvalue weighted by Crippen LogP contribution is 2.49. The van der Waals surface area contributed by atoms with Crippen molar-refractivity contribution in [2.24, 2.45) is 5.92 Å². The summed E-state index contributed by atoms with van der Waals surface area (Å²) in [6.07, 6.45) is 44.9. The molecule has 6 aliphatic carbocycles. The number of para-hydroxylation sites is 2. The number of allylic oxidation sites excluding steroid dienone is 17. The van der Waals surface area contributed by atoms with Crippen LogP contribution in [0.3, 0.4) is 0 Å². The molecule has 0 saturated carbocycles. The predicted molar refractivity (Wildman–Crippen MR) is 221 cm³/mol. The second-order valence-corrected chi connectivity index (χ2v) is 16.3. The zero-order chi connectivity index (χ0) is 35.1. The van der Waals surface area contributed by atoms with Crippen LogP contribution in [-0.2, 0) is 12.8 Å². The molecule has 0 fully saturated rings. The lowest BCUT2D eigenvalue weighted by Crippen LogP contribution is -2.45. The summed E-state index contributed by atoms with van der Waals surface area (Å²) in [5, 5.41) is 2.83. The second kappa shape index (κ2) is 12.1. The summed E-state index contributed by atoms with van der Waals surface area (Å²) >= 11 is 0. The van der Waals surface area contributed by atoms with Crippen LogP contribution in [0, 0.1) is 5.92 Å². The van der Waals surface area contributed by atoms with Gasteiger partial charge in [-0.25, -0.2) is 0 Å². The number of aromatic nitrogens is 2. The topological polar surface area (TPSA) is 13.1 Å².